The fraction of sp³-hybridized carbons (Fsp3) is 0.611. The van der Waals surface area contributed by atoms with E-state index in [-0.39, 0.29) is 18.6 Å². The van der Waals surface area contributed by atoms with Gasteiger partial charge in [0.15, 0.2) is 6.61 Å². The fourth-order valence-electron chi connectivity index (χ4n) is 3.23. The molecule has 1 aliphatic carbocycles. The molecule has 0 saturated carbocycles. The smallest absolute Gasteiger partial charge is 0.409 e. The highest BCUT2D eigenvalue weighted by molar-refractivity contribution is 7.14. The predicted octanol–water partition coefficient (Wildman–Crippen LogP) is 2.08. The van der Waals surface area contributed by atoms with Gasteiger partial charge in [-0.2, -0.15) is 0 Å². The van der Waals surface area contributed by atoms with E-state index in [0.29, 0.717) is 37.7 Å². The van der Waals surface area contributed by atoms with Crippen LogP contribution in [0.15, 0.2) is 6.07 Å². The van der Waals surface area contributed by atoms with E-state index >= 15 is 0 Å². The summed E-state index contributed by atoms with van der Waals surface area (Å²) in [5.74, 6) is -0.661. The second kappa shape index (κ2) is 8.53. The maximum absolute atomic E-state index is 12.2. The number of nitrogens with zero attached hydrogens (tertiary/aromatic N) is 2. The van der Waals surface area contributed by atoms with Crippen LogP contribution in [0, 0.1) is 0 Å². The van der Waals surface area contributed by atoms with Gasteiger partial charge in [-0.25, -0.2) is 9.59 Å². The van der Waals surface area contributed by atoms with Crippen LogP contribution in [0.3, 0.4) is 0 Å². The number of amides is 2. The molecule has 2 heterocycles. The van der Waals surface area contributed by atoms with E-state index < -0.39 is 5.97 Å². The molecule has 7 nitrogen and oxygen atoms in total. The summed E-state index contributed by atoms with van der Waals surface area (Å²) in [6.07, 6.45) is 4.01. The molecule has 0 N–H and O–H groups in total. The van der Waals surface area contributed by atoms with E-state index in [1.165, 1.54) is 21.8 Å². The highest BCUT2D eigenvalue weighted by atomic mass is 32.1. The number of esters is 1. The number of carbonyl (C=O) groups is 3. The van der Waals surface area contributed by atoms with Crippen molar-refractivity contribution in [1.29, 1.82) is 0 Å². The van der Waals surface area contributed by atoms with E-state index in [4.69, 9.17) is 9.47 Å². The molecule has 2 amide bonds. The van der Waals surface area contributed by atoms with Gasteiger partial charge in [0.05, 0.1) is 6.61 Å². The second-order valence-corrected chi connectivity index (χ2v) is 7.55. The highest BCUT2D eigenvalue weighted by Crippen LogP contribution is 2.30. The molecule has 0 aromatic carbocycles. The first-order valence-corrected chi connectivity index (χ1v) is 9.88. The molecule has 26 heavy (non-hydrogen) atoms. The average molecular weight is 380 g/mol. The van der Waals surface area contributed by atoms with Crippen LogP contribution in [0.5, 0.6) is 0 Å². The SMILES string of the molecule is CCOC(=O)N1CCN(C(=O)COC(=O)c2cc3c(s2)CCCC3)CC1. The Kier molecular flexibility index (Phi) is 6.13. The van der Waals surface area contributed by atoms with Gasteiger partial charge in [-0.1, -0.05) is 0 Å². The number of ether oxygens (including phenoxy) is 2. The Labute approximate surface area is 156 Å². The van der Waals surface area contributed by atoms with Crippen molar-refractivity contribution in [2.45, 2.75) is 32.6 Å². The number of aryl methyl sites for hydroxylation is 2. The third-order valence-corrected chi connectivity index (χ3v) is 5.90. The Bertz CT molecular complexity index is 656. The molecule has 0 spiro atoms. The Morgan fingerprint density at radius 1 is 1.04 bits per heavy atom. The molecular formula is C18H24N2O5S. The first kappa shape index (κ1) is 18.7. The lowest BCUT2D eigenvalue weighted by Crippen LogP contribution is -2.51. The van der Waals surface area contributed by atoms with Crippen molar-refractivity contribution in [3.8, 4) is 0 Å². The van der Waals surface area contributed by atoms with Crippen molar-refractivity contribution in [3.05, 3.63) is 21.4 Å². The Balaban J connectivity index is 1.45. The minimum Gasteiger partial charge on any atom is -0.451 e. The fourth-order valence-corrected chi connectivity index (χ4v) is 4.38. The van der Waals surface area contributed by atoms with Crippen LogP contribution in [0.25, 0.3) is 0 Å². The molecule has 0 unspecified atom stereocenters. The number of thiophene rings is 1. The summed E-state index contributed by atoms with van der Waals surface area (Å²) in [5, 5.41) is 0. The maximum atomic E-state index is 12.2. The lowest BCUT2D eigenvalue weighted by atomic mass is 9.99. The summed E-state index contributed by atoms with van der Waals surface area (Å²) in [6.45, 7) is 3.52. The van der Waals surface area contributed by atoms with Crippen LogP contribution in [-0.4, -0.2) is 67.2 Å². The van der Waals surface area contributed by atoms with Gasteiger partial charge in [0.1, 0.15) is 4.88 Å². The van der Waals surface area contributed by atoms with E-state index in [9.17, 15) is 14.4 Å². The van der Waals surface area contributed by atoms with Crippen LogP contribution in [-0.2, 0) is 27.1 Å². The molecule has 0 radical (unpaired) electrons. The molecule has 3 rings (SSSR count). The van der Waals surface area contributed by atoms with Gasteiger partial charge in [0.2, 0.25) is 0 Å². The minimum atomic E-state index is -0.428. The molecule has 8 heteroatoms. The van der Waals surface area contributed by atoms with E-state index in [1.807, 2.05) is 6.07 Å². The summed E-state index contributed by atoms with van der Waals surface area (Å²) >= 11 is 1.48. The van der Waals surface area contributed by atoms with E-state index in [1.54, 1.807) is 16.7 Å². The number of piperazine rings is 1. The number of hydrogen-bond acceptors (Lipinski definition) is 6. The van der Waals surface area contributed by atoms with Crippen LogP contribution in [0.4, 0.5) is 4.79 Å². The molecule has 1 aliphatic heterocycles. The number of rotatable bonds is 4. The van der Waals surface area contributed by atoms with Crippen LogP contribution < -0.4 is 0 Å². The molecular weight excluding hydrogens is 356 g/mol. The molecule has 1 fully saturated rings. The zero-order valence-corrected chi connectivity index (χ0v) is 15.8. The monoisotopic (exact) mass is 380 g/mol. The van der Waals surface area contributed by atoms with Crippen molar-refractivity contribution < 1.29 is 23.9 Å². The maximum Gasteiger partial charge on any atom is 0.409 e. The second-order valence-electron chi connectivity index (χ2n) is 6.41. The normalized spacial score (nSPS) is 16.8. The highest BCUT2D eigenvalue weighted by Gasteiger charge is 2.26. The van der Waals surface area contributed by atoms with Crippen molar-refractivity contribution in [3.63, 3.8) is 0 Å². The van der Waals surface area contributed by atoms with Crippen molar-refractivity contribution in [1.82, 2.24) is 9.80 Å². The van der Waals surface area contributed by atoms with Gasteiger partial charge in [-0.05, 0) is 44.2 Å². The quantitative estimate of drug-likeness (QED) is 0.748. The van der Waals surface area contributed by atoms with Gasteiger partial charge in [-0.3, -0.25) is 4.79 Å². The van der Waals surface area contributed by atoms with Gasteiger partial charge in [0.25, 0.3) is 5.91 Å². The summed E-state index contributed by atoms with van der Waals surface area (Å²) < 4.78 is 10.2. The average Bonchev–Trinajstić information content (AvgIpc) is 3.10. The largest absolute Gasteiger partial charge is 0.451 e. The Hall–Kier alpha value is -2.09. The number of hydrogen-bond donors (Lipinski definition) is 0. The third-order valence-electron chi connectivity index (χ3n) is 4.68. The Morgan fingerprint density at radius 3 is 2.42 bits per heavy atom. The number of carbonyl (C=O) groups excluding carboxylic acids is 3. The van der Waals surface area contributed by atoms with Crippen molar-refractivity contribution >= 4 is 29.3 Å². The summed E-state index contributed by atoms with van der Waals surface area (Å²) in [5.41, 5.74) is 1.25. The van der Waals surface area contributed by atoms with Crippen LogP contribution in [0.1, 0.15) is 39.9 Å². The van der Waals surface area contributed by atoms with E-state index in [2.05, 4.69) is 0 Å². The molecule has 0 atom stereocenters. The topological polar surface area (TPSA) is 76.2 Å². The van der Waals surface area contributed by atoms with Gasteiger partial charge >= 0.3 is 12.1 Å². The van der Waals surface area contributed by atoms with Gasteiger partial charge in [0, 0.05) is 31.1 Å². The third kappa shape index (κ3) is 4.35. The minimum absolute atomic E-state index is 0.233. The van der Waals surface area contributed by atoms with Gasteiger partial charge < -0.3 is 19.3 Å². The van der Waals surface area contributed by atoms with E-state index in [0.717, 1.165) is 25.7 Å². The van der Waals surface area contributed by atoms with Crippen LogP contribution >= 0.6 is 11.3 Å². The molecule has 142 valence electrons. The zero-order valence-electron chi connectivity index (χ0n) is 15.0. The molecule has 1 aromatic heterocycles. The number of fused-ring (bicyclic) bond motifs is 1. The Morgan fingerprint density at radius 2 is 1.73 bits per heavy atom. The van der Waals surface area contributed by atoms with Crippen molar-refractivity contribution in [2.75, 3.05) is 39.4 Å². The predicted molar refractivity (Wildman–Crippen MR) is 96.4 cm³/mol. The van der Waals surface area contributed by atoms with Crippen molar-refractivity contribution in [2.24, 2.45) is 0 Å². The lowest BCUT2D eigenvalue weighted by molar-refractivity contribution is -0.136. The summed E-state index contributed by atoms with van der Waals surface area (Å²) in [4.78, 5) is 41.2. The lowest BCUT2D eigenvalue weighted by Gasteiger charge is -2.33. The molecule has 1 saturated heterocycles. The molecule has 1 aromatic rings. The standard InChI is InChI=1S/C18H24N2O5S/c1-2-24-18(23)20-9-7-19(8-10-20)16(21)12-25-17(22)15-11-13-5-3-4-6-14(13)26-15/h11H,2-10,12H2,1H3. The first-order chi connectivity index (χ1) is 12.6. The van der Waals surface area contributed by atoms with Gasteiger partial charge in [-0.15, -0.1) is 11.3 Å². The first-order valence-electron chi connectivity index (χ1n) is 9.06. The van der Waals surface area contributed by atoms with Crippen LogP contribution in [0.2, 0.25) is 0 Å². The zero-order chi connectivity index (χ0) is 18.5. The molecule has 2 aliphatic rings. The summed E-state index contributed by atoms with van der Waals surface area (Å²) in [7, 11) is 0. The molecule has 0 bridgehead atoms. The summed E-state index contributed by atoms with van der Waals surface area (Å²) in [6, 6.07) is 1.91.